The van der Waals surface area contributed by atoms with Crippen molar-refractivity contribution in [2.75, 3.05) is 19.6 Å². The van der Waals surface area contributed by atoms with Gasteiger partial charge in [-0.3, -0.25) is 9.59 Å². The van der Waals surface area contributed by atoms with Gasteiger partial charge in [0.2, 0.25) is 15.9 Å². The van der Waals surface area contributed by atoms with Gasteiger partial charge in [0.05, 0.1) is 23.6 Å². The molecule has 27 heavy (non-hydrogen) atoms. The Labute approximate surface area is 160 Å². The summed E-state index contributed by atoms with van der Waals surface area (Å²) in [5, 5.41) is 0. The summed E-state index contributed by atoms with van der Waals surface area (Å²) >= 11 is 0. The van der Waals surface area contributed by atoms with Gasteiger partial charge in [0.1, 0.15) is 0 Å². The number of ether oxygens (including phenoxy) is 1. The first-order chi connectivity index (χ1) is 12.5. The van der Waals surface area contributed by atoms with Crippen LogP contribution < -0.4 is 5.73 Å². The number of benzene rings is 1. The van der Waals surface area contributed by atoms with E-state index in [0.717, 1.165) is 0 Å². The van der Waals surface area contributed by atoms with Crippen molar-refractivity contribution in [1.82, 2.24) is 9.21 Å². The maximum atomic E-state index is 13.0. The SMILES string of the molecule is CC(C)N(CC(N)=O)C(=O)c1cccc(S(=O)(=O)N2C[C@H](C)O[C@@H](C)C2)c1. The Morgan fingerprint density at radius 3 is 2.37 bits per heavy atom. The Bertz CT molecular complexity index is 799. The average molecular weight is 397 g/mol. The van der Waals surface area contributed by atoms with Crippen LogP contribution in [0.5, 0.6) is 0 Å². The third-order valence-corrected chi connectivity index (χ3v) is 6.14. The molecule has 1 aliphatic heterocycles. The molecule has 9 heteroatoms. The molecule has 0 aliphatic carbocycles. The van der Waals surface area contributed by atoms with E-state index in [2.05, 4.69) is 0 Å². The number of carbonyl (C=O) groups is 2. The second-order valence-electron chi connectivity index (χ2n) is 7.10. The van der Waals surface area contributed by atoms with Crippen LogP contribution in [-0.2, 0) is 19.6 Å². The largest absolute Gasteiger partial charge is 0.373 e. The number of nitrogens with zero attached hydrogens (tertiary/aromatic N) is 2. The fourth-order valence-corrected chi connectivity index (χ4v) is 4.73. The molecule has 2 N–H and O–H groups in total. The number of morpholine rings is 1. The second-order valence-corrected chi connectivity index (χ2v) is 9.04. The molecule has 1 aromatic rings. The molecule has 2 rings (SSSR count). The Hall–Kier alpha value is -1.97. The lowest BCUT2D eigenvalue weighted by atomic mass is 10.1. The van der Waals surface area contributed by atoms with E-state index >= 15 is 0 Å². The van der Waals surface area contributed by atoms with E-state index in [1.54, 1.807) is 13.8 Å². The van der Waals surface area contributed by atoms with Crippen molar-refractivity contribution in [3.05, 3.63) is 29.8 Å². The van der Waals surface area contributed by atoms with E-state index < -0.39 is 21.8 Å². The molecule has 0 radical (unpaired) electrons. The molecule has 1 heterocycles. The highest BCUT2D eigenvalue weighted by Gasteiger charge is 2.32. The smallest absolute Gasteiger partial charge is 0.254 e. The van der Waals surface area contributed by atoms with Gasteiger partial charge in [-0.05, 0) is 45.9 Å². The summed E-state index contributed by atoms with van der Waals surface area (Å²) in [5.41, 5.74) is 5.42. The Morgan fingerprint density at radius 2 is 1.85 bits per heavy atom. The van der Waals surface area contributed by atoms with Gasteiger partial charge in [-0.2, -0.15) is 4.31 Å². The molecule has 0 unspecified atom stereocenters. The van der Waals surface area contributed by atoms with Crippen molar-refractivity contribution in [1.29, 1.82) is 0 Å². The zero-order valence-corrected chi connectivity index (χ0v) is 16.9. The third-order valence-electron chi connectivity index (χ3n) is 4.32. The number of sulfonamides is 1. The Kier molecular flexibility index (Phi) is 6.61. The van der Waals surface area contributed by atoms with Crippen LogP contribution in [0.15, 0.2) is 29.2 Å². The standard InChI is InChI=1S/C18H27N3O5S/c1-12(2)21(11-17(19)22)18(23)15-6-5-7-16(8-15)27(24,25)20-9-13(3)26-14(4)10-20/h5-8,12-14H,9-11H2,1-4H3,(H2,19,22)/t13-,14-/m0/s1. The monoisotopic (exact) mass is 397 g/mol. The molecule has 0 saturated carbocycles. The summed E-state index contributed by atoms with van der Waals surface area (Å²) < 4.78 is 33.0. The second kappa shape index (κ2) is 8.37. The van der Waals surface area contributed by atoms with Gasteiger partial charge in [-0.15, -0.1) is 0 Å². The van der Waals surface area contributed by atoms with Crippen LogP contribution in [0.3, 0.4) is 0 Å². The summed E-state index contributed by atoms with van der Waals surface area (Å²) in [5.74, 6) is -1.07. The number of amides is 2. The van der Waals surface area contributed by atoms with Crippen LogP contribution in [0.25, 0.3) is 0 Å². The first-order valence-corrected chi connectivity index (χ1v) is 10.3. The molecule has 0 bridgehead atoms. The molecule has 2 amide bonds. The molecule has 0 spiro atoms. The van der Waals surface area contributed by atoms with Gasteiger partial charge in [0.15, 0.2) is 0 Å². The van der Waals surface area contributed by atoms with Crippen molar-refractivity contribution in [3.8, 4) is 0 Å². The highest BCUT2D eigenvalue weighted by Crippen LogP contribution is 2.22. The van der Waals surface area contributed by atoms with Gasteiger partial charge in [-0.25, -0.2) is 8.42 Å². The summed E-state index contributed by atoms with van der Waals surface area (Å²) in [4.78, 5) is 25.4. The van der Waals surface area contributed by atoms with Gasteiger partial charge < -0.3 is 15.4 Å². The lowest BCUT2D eigenvalue weighted by Crippen LogP contribution is -2.48. The summed E-state index contributed by atoms with van der Waals surface area (Å²) in [6.45, 7) is 7.45. The fourth-order valence-electron chi connectivity index (χ4n) is 3.09. The number of primary amides is 1. The van der Waals surface area contributed by atoms with Gasteiger partial charge >= 0.3 is 0 Å². The molecule has 2 atom stereocenters. The highest BCUT2D eigenvalue weighted by atomic mass is 32.2. The molecule has 150 valence electrons. The Morgan fingerprint density at radius 1 is 1.26 bits per heavy atom. The molecular formula is C18H27N3O5S. The van der Waals surface area contributed by atoms with Crippen LogP contribution in [0.1, 0.15) is 38.1 Å². The number of hydrogen-bond acceptors (Lipinski definition) is 5. The van der Waals surface area contributed by atoms with Crippen molar-refractivity contribution in [2.24, 2.45) is 5.73 Å². The molecule has 1 aliphatic rings. The zero-order valence-electron chi connectivity index (χ0n) is 16.1. The van der Waals surface area contributed by atoms with Crippen LogP contribution in [0.2, 0.25) is 0 Å². The molecule has 1 saturated heterocycles. The number of carbonyl (C=O) groups excluding carboxylic acids is 2. The predicted octanol–water partition coefficient (Wildman–Crippen LogP) is 0.820. The number of nitrogens with two attached hydrogens (primary N) is 1. The van der Waals surface area contributed by atoms with Crippen LogP contribution in [0.4, 0.5) is 0 Å². The summed E-state index contributed by atoms with van der Waals surface area (Å²) in [6.07, 6.45) is -0.416. The molecule has 1 fully saturated rings. The number of rotatable bonds is 6. The van der Waals surface area contributed by atoms with E-state index in [-0.39, 0.29) is 48.3 Å². The lowest BCUT2D eigenvalue weighted by molar-refractivity contribution is -0.119. The predicted molar refractivity (Wildman–Crippen MR) is 101 cm³/mol. The van der Waals surface area contributed by atoms with Crippen molar-refractivity contribution in [3.63, 3.8) is 0 Å². The third kappa shape index (κ3) is 5.06. The van der Waals surface area contributed by atoms with Crippen molar-refractivity contribution >= 4 is 21.8 Å². The summed E-state index contributed by atoms with van der Waals surface area (Å²) in [7, 11) is -3.76. The Balaban J connectivity index is 2.33. The minimum atomic E-state index is -3.76. The van der Waals surface area contributed by atoms with E-state index in [1.165, 1.54) is 33.5 Å². The van der Waals surface area contributed by atoms with Crippen molar-refractivity contribution < 1.29 is 22.7 Å². The molecule has 8 nitrogen and oxygen atoms in total. The minimum absolute atomic E-state index is 0.0393. The van der Waals surface area contributed by atoms with E-state index in [9.17, 15) is 18.0 Å². The highest BCUT2D eigenvalue weighted by molar-refractivity contribution is 7.89. The lowest BCUT2D eigenvalue weighted by Gasteiger charge is -2.34. The van der Waals surface area contributed by atoms with Gasteiger partial charge in [0.25, 0.3) is 5.91 Å². The van der Waals surface area contributed by atoms with E-state index in [1.807, 2.05) is 13.8 Å². The molecule has 1 aromatic carbocycles. The van der Waals surface area contributed by atoms with E-state index in [4.69, 9.17) is 10.5 Å². The first-order valence-electron chi connectivity index (χ1n) is 8.87. The van der Waals surface area contributed by atoms with E-state index in [0.29, 0.717) is 0 Å². The average Bonchev–Trinajstić information content (AvgIpc) is 2.58. The van der Waals surface area contributed by atoms with Crippen LogP contribution in [-0.4, -0.2) is 67.3 Å². The normalized spacial score (nSPS) is 21.2. The van der Waals surface area contributed by atoms with Gasteiger partial charge in [-0.1, -0.05) is 6.07 Å². The fraction of sp³-hybridized carbons (Fsp3) is 0.556. The van der Waals surface area contributed by atoms with Crippen molar-refractivity contribution in [2.45, 2.75) is 50.8 Å². The maximum Gasteiger partial charge on any atom is 0.254 e. The summed E-state index contributed by atoms with van der Waals surface area (Å²) in [6, 6.07) is 5.60. The first kappa shape index (κ1) is 21.3. The molecular weight excluding hydrogens is 370 g/mol. The maximum absolute atomic E-state index is 13.0. The molecule has 0 aromatic heterocycles. The van der Waals surface area contributed by atoms with Gasteiger partial charge in [0, 0.05) is 24.7 Å². The number of hydrogen-bond donors (Lipinski definition) is 1. The zero-order chi connectivity index (χ0) is 20.4. The van der Waals surface area contributed by atoms with Crippen LogP contribution in [0, 0.1) is 0 Å². The topological polar surface area (TPSA) is 110 Å². The minimum Gasteiger partial charge on any atom is -0.373 e. The van der Waals surface area contributed by atoms with Crippen LogP contribution >= 0.6 is 0 Å². The quantitative estimate of drug-likeness (QED) is 0.764.